The first-order valence-electron chi connectivity index (χ1n) is 9.35. The van der Waals surface area contributed by atoms with Gasteiger partial charge in [0.25, 0.3) is 0 Å². The molecule has 7 nitrogen and oxygen atoms in total. The quantitative estimate of drug-likeness (QED) is 0.437. The summed E-state index contributed by atoms with van der Waals surface area (Å²) >= 11 is 1.50. The molecule has 1 unspecified atom stereocenters. The second-order valence-corrected chi connectivity index (χ2v) is 7.63. The van der Waals surface area contributed by atoms with Crippen molar-refractivity contribution in [1.29, 1.82) is 0 Å². The lowest BCUT2D eigenvalue weighted by Crippen LogP contribution is -2.44. The molecule has 0 bridgehead atoms. The summed E-state index contributed by atoms with van der Waals surface area (Å²) < 4.78 is 0. The lowest BCUT2D eigenvalue weighted by molar-refractivity contribution is -0.128. The summed E-state index contributed by atoms with van der Waals surface area (Å²) in [5, 5.41) is 18.8. The standard InChI is InChI=1S/C20H29N5O2S/c1-4-21-19(24-15-20(2,27)17-9-7-13-28-17)23-14-18(26)25(3)12-10-16-8-5-6-11-22-16/h5-9,11,13,27H,4,10,12,14-15H2,1-3H3,(H2,21,23,24). The van der Waals surface area contributed by atoms with Crippen LogP contribution < -0.4 is 10.6 Å². The van der Waals surface area contributed by atoms with E-state index in [1.54, 1.807) is 25.1 Å². The van der Waals surface area contributed by atoms with Gasteiger partial charge >= 0.3 is 0 Å². The van der Waals surface area contributed by atoms with Crippen LogP contribution >= 0.6 is 11.3 Å². The minimum absolute atomic E-state index is 0.0369. The molecule has 0 fully saturated rings. The molecular weight excluding hydrogens is 374 g/mol. The second-order valence-electron chi connectivity index (χ2n) is 6.69. The fraction of sp³-hybridized carbons (Fsp3) is 0.450. The third-order valence-electron chi connectivity index (χ3n) is 4.22. The topological polar surface area (TPSA) is 89.9 Å². The Bertz CT molecular complexity index is 747. The summed E-state index contributed by atoms with van der Waals surface area (Å²) in [4.78, 5) is 23.5. The van der Waals surface area contributed by atoms with Crippen LogP contribution in [0, 0.1) is 0 Å². The number of guanidine groups is 1. The molecule has 1 amide bonds. The van der Waals surface area contributed by atoms with Gasteiger partial charge < -0.3 is 20.6 Å². The van der Waals surface area contributed by atoms with E-state index in [-0.39, 0.29) is 12.5 Å². The average Bonchev–Trinajstić information content (AvgIpc) is 3.24. The Labute approximate surface area is 170 Å². The zero-order valence-electron chi connectivity index (χ0n) is 16.7. The van der Waals surface area contributed by atoms with E-state index in [4.69, 9.17) is 0 Å². The number of thiophene rings is 1. The smallest absolute Gasteiger partial charge is 0.244 e. The van der Waals surface area contributed by atoms with Crippen LogP contribution in [-0.2, 0) is 16.8 Å². The largest absolute Gasteiger partial charge is 0.383 e. The zero-order chi connectivity index (χ0) is 20.4. The van der Waals surface area contributed by atoms with Gasteiger partial charge in [-0.2, -0.15) is 0 Å². The predicted molar refractivity (Wildman–Crippen MR) is 113 cm³/mol. The lowest BCUT2D eigenvalue weighted by atomic mass is 10.1. The Morgan fingerprint density at radius 3 is 2.79 bits per heavy atom. The van der Waals surface area contributed by atoms with Gasteiger partial charge in [-0.1, -0.05) is 12.1 Å². The predicted octanol–water partition coefficient (Wildman–Crippen LogP) is 1.61. The van der Waals surface area contributed by atoms with Crippen LogP contribution in [0.4, 0.5) is 0 Å². The number of likely N-dealkylation sites (N-methyl/N-ethyl adjacent to an activating group) is 1. The summed E-state index contributed by atoms with van der Waals surface area (Å²) in [7, 11) is 1.77. The summed E-state index contributed by atoms with van der Waals surface area (Å²) in [6, 6.07) is 9.57. The Morgan fingerprint density at radius 2 is 2.14 bits per heavy atom. The van der Waals surface area contributed by atoms with Crippen LogP contribution in [0.15, 0.2) is 46.9 Å². The third kappa shape index (κ3) is 6.94. The molecule has 0 aliphatic rings. The molecule has 0 spiro atoms. The molecule has 152 valence electrons. The number of aromatic nitrogens is 1. The van der Waals surface area contributed by atoms with Gasteiger partial charge in [-0.05, 0) is 37.4 Å². The molecular formula is C20H29N5O2S. The summed E-state index contributed by atoms with van der Waals surface area (Å²) in [5.74, 6) is 0.434. The number of carbonyl (C=O) groups is 1. The number of carbonyl (C=O) groups excluding carboxylic acids is 1. The van der Waals surface area contributed by atoms with Crippen LogP contribution in [0.1, 0.15) is 24.4 Å². The number of hydrogen-bond acceptors (Lipinski definition) is 5. The van der Waals surface area contributed by atoms with Crippen molar-refractivity contribution < 1.29 is 9.90 Å². The van der Waals surface area contributed by atoms with Gasteiger partial charge in [-0.3, -0.25) is 9.78 Å². The molecule has 0 aliphatic carbocycles. The molecule has 2 aromatic heterocycles. The minimum Gasteiger partial charge on any atom is -0.383 e. The van der Waals surface area contributed by atoms with Gasteiger partial charge in [0.15, 0.2) is 5.96 Å². The van der Waals surface area contributed by atoms with E-state index in [0.29, 0.717) is 32.0 Å². The van der Waals surface area contributed by atoms with Crippen LogP contribution in [0.2, 0.25) is 0 Å². The zero-order valence-corrected chi connectivity index (χ0v) is 17.5. The van der Waals surface area contributed by atoms with Crippen molar-refractivity contribution in [1.82, 2.24) is 20.5 Å². The fourth-order valence-electron chi connectivity index (χ4n) is 2.49. The number of hydrogen-bond donors (Lipinski definition) is 3. The van der Waals surface area contributed by atoms with E-state index in [0.717, 1.165) is 10.6 Å². The number of aliphatic hydroxyl groups is 1. The van der Waals surface area contributed by atoms with Gasteiger partial charge in [0.1, 0.15) is 12.1 Å². The first-order valence-corrected chi connectivity index (χ1v) is 10.2. The van der Waals surface area contributed by atoms with Crippen molar-refractivity contribution in [2.45, 2.75) is 25.9 Å². The first-order chi connectivity index (χ1) is 13.4. The van der Waals surface area contributed by atoms with Gasteiger partial charge in [0.2, 0.25) is 5.91 Å². The van der Waals surface area contributed by atoms with E-state index < -0.39 is 5.60 Å². The molecule has 8 heteroatoms. The van der Waals surface area contributed by atoms with Crippen molar-refractivity contribution >= 4 is 23.2 Å². The van der Waals surface area contributed by atoms with Crippen molar-refractivity contribution in [2.75, 3.05) is 33.2 Å². The number of nitrogens with one attached hydrogen (secondary N) is 2. The Hall–Kier alpha value is -2.45. The number of aliphatic imine (C=N–C) groups is 1. The van der Waals surface area contributed by atoms with Gasteiger partial charge in [-0.15, -0.1) is 11.3 Å². The molecule has 28 heavy (non-hydrogen) atoms. The van der Waals surface area contributed by atoms with Gasteiger partial charge in [0, 0.05) is 43.3 Å². The van der Waals surface area contributed by atoms with Crippen molar-refractivity contribution in [3.63, 3.8) is 0 Å². The Balaban J connectivity index is 1.85. The van der Waals surface area contributed by atoms with E-state index in [9.17, 15) is 9.90 Å². The van der Waals surface area contributed by atoms with Gasteiger partial charge in [-0.25, -0.2) is 4.99 Å². The monoisotopic (exact) mass is 403 g/mol. The van der Waals surface area contributed by atoms with Crippen molar-refractivity contribution in [3.8, 4) is 0 Å². The molecule has 0 saturated heterocycles. The number of amides is 1. The van der Waals surface area contributed by atoms with E-state index in [1.165, 1.54) is 11.3 Å². The molecule has 2 rings (SSSR count). The van der Waals surface area contributed by atoms with Crippen LogP contribution in [0.3, 0.4) is 0 Å². The molecule has 2 aromatic rings. The SMILES string of the molecule is CCNC(=NCC(=O)N(C)CCc1ccccn1)NCC(C)(O)c1cccs1. The Morgan fingerprint density at radius 1 is 1.32 bits per heavy atom. The second kappa shape index (κ2) is 10.8. The molecule has 2 heterocycles. The highest BCUT2D eigenvalue weighted by Crippen LogP contribution is 2.24. The van der Waals surface area contributed by atoms with Gasteiger partial charge in [0.05, 0.1) is 6.54 Å². The fourth-order valence-corrected chi connectivity index (χ4v) is 3.28. The van der Waals surface area contributed by atoms with E-state index >= 15 is 0 Å². The lowest BCUT2D eigenvalue weighted by Gasteiger charge is -2.24. The molecule has 0 saturated carbocycles. The maximum atomic E-state index is 12.4. The van der Waals surface area contributed by atoms with Crippen LogP contribution in [0.5, 0.6) is 0 Å². The summed E-state index contributed by atoms with van der Waals surface area (Å²) in [6.07, 6.45) is 2.45. The number of pyridine rings is 1. The molecule has 0 radical (unpaired) electrons. The van der Waals surface area contributed by atoms with Crippen LogP contribution in [-0.4, -0.2) is 60.1 Å². The Kier molecular flexibility index (Phi) is 8.41. The van der Waals surface area contributed by atoms with Crippen molar-refractivity contribution in [2.24, 2.45) is 4.99 Å². The maximum absolute atomic E-state index is 12.4. The summed E-state index contributed by atoms with van der Waals surface area (Å²) in [5.41, 5.74) is -0.0510. The normalized spacial score (nSPS) is 13.6. The van der Waals surface area contributed by atoms with E-state index in [2.05, 4.69) is 20.6 Å². The first kappa shape index (κ1) is 21.8. The summed E-state index contributed by atoms with van der Waals surface area (Å²) in [6.45, 7) is 5.29. The highest BCUT2D eigenvalue weighted by molar-refractivity contribution is 7.10. The molecule has 0 aliphatic heterocycles. The number of rotatable bonds is 9. The minimum atomic E-state index is -1.01. The molecule has 1 atom stereocenters. The average molecular weight is 404 g/mol. The maximum Gasteiger partial charge on any atom is 0.244 e. The van der Waals surface area contributed by atoms with Crippen molar-refractivity contribution in [3.05, 3.63) is 52.5 Å². The third-order valence-corrected chi connectivity index (χ3v) is 5.35. The highest BCUT2D eigenvalue weighted by Gasteiger charge is 2.24. The molecule has 3 N–H and O–H groups in total. The van der Waals surface area contributed by atoms with E-state index in [1.807, 2.05) is 42.6 Å². The molecule has 0 aromatic carbocycles. The number of nitrogens with zero attached hydrogens (tertiary/aromatic N) is 3. The van der Waals surface area contributed by atoms with Crippen LogP contribution in [0.25, 0.3) is 0 Å². The highest BCUT2D eigenvalue weighted by atomic mass is 32.1.